The van der Waals surface area contributed by atoms with Crippen LogP contribution in [0.5, 0.6) is 0 Å². The molecule has 1 amide bonds. The Labute approximate surface area is 113 Å². The molecule has 0 radical (unpaired) electrons. The molecule has 2 nitrogen and oxygen atoms in total. The number of nitrogens with zero attached hydrogens (tertiary/aromatic N) is 1. The van der Waals surface area contributed by atoms with Crippen molar-refractivity contribution < 1.29 is 13.6 Å². The Morgan fingerprint density at radius 2 is 1.58 bits per heavy atom. The van der Waals surface area contributed by atoms with Crippen molar-refractivity contribution in [1.82, 2.24) is 4.90 Å². The van der Waals surface area contributed by atoms with Crippen molar-refractivity contribution in [3.8, 4) is 0 Å². The van der Waals surface area contributed by atoms with Crippen LogP contribution in [-0.4, -0.2) is 30.3 Å². The van der Waals surface area contributed by atoms with Crippen LogP contribution in [0.1, 0.15) is 45.4 Å². The Balaban J connectivity index is 1.71. The molecule has 0 aromatic heterocycles. The first-order chi connectivity index (χ1) is 8.77. The van der Waals surface area contributed by atoms with E-state index < -0.39 is 11.8 Å². The summed E-state index contributed by atoms with van der Waals surface area (Å²) in [6.07, 6.45) is 7.44. The Bertz CT molecular complexity index is 353. The van der Waals surface area contributed by atoms with Gasteiger partial charge >= 0.3 is 5.92 Å². The van der Waals surface area contributed by atoms with Crippen molar-refractivity contribution in [3.05, 3.63) is 0 Å². The van der Waals surface area contributed by atoms with E-state index in [0.717, 1.165) is 37.0 Å². The van der Waals surface area contributed by atoms with Crippen LogP contribution >= 0.6 is 0 Å². The van der Waals surface area contributed by atoms with Crippen molar-refractivity contribution in [2.45, 2.75) is 51.4 Å². The summed E-state index contributed by atoms with van der Waals surface area (Å²) in [5.74, 6) is -1.90. The van der Waals surface area contributed by atoms with Gasteiger partial charge < -0.3 is 4.90 Å². The van der Waals surface area contributed by atoms with Crippen molar-refractivity contribution in [2.24, 2.45) is 23.2 Å². The van der Waals surface area contributed by atoms with Crippen LogP contribution in [0.25, 0.3) is 0 Å². The average molecular weight is 271 g/mol. The zero-order valence-electron chi connectivity index (χ0n) is 11.8. The van der Waals surface area contributed by atoms with Gasteiger partial charge in [-0.1, -0.05) is 0 Å². The van der Waals surface area contributed by atoms with Crippen molar-refractivity contribution in [2.75, 3.05) is 13.6 Å². The average Bonchev–Trinajstić information content (AvgIpc) is 2.23. The predicted molar refractivity (Wildman–Crippen MR) is 68.9 cm³/mol. The van der Waals surface area contributed by atoms with Crippen LogP contribution in [0.4, 0.5) is 8.78 Å². The van der Waals surface area contributed by atoms with Crippen LogP contribution < -0.4 is 0 Å². The molecule has 4 heteroatoms. The first kappa shape index (κ1) is 13.3. The fourth-order valence-corrected chi connectivity index (χ4v) is 5.39. The van der Waals surface area contributed by atoms with Gasteiger partial charge in [0.2, 0.25) is 0 Å². The molecule has 4 aliphatic carbocycles. The van der Waals surface area contributed by atoms with E-state index in [4.69, 9.17) is 0 Å². The van der Waals surface area contributed by atoms with Crippen LogP contribution in [0.2, 0.25) is 0 Å². The summed E-state index contributed by atoms with van der Waals surface area (Å²) in [5, 5.41) is 0. The first-order valence-corrected chi connectivity index (χ1v) is 7.41. The largest absolute Gasteiger partial charge is 0.340 e. The van der Waals surface area contributed by atoms with Gasteiger partial charge in [-0.2, -0.15) is 8.78 Å². The lowest BCUT2D eigenvalue weighted by Crippen LogP contribution is -2.53. The van der Waals surface area contributed by atoms with Gasteiger partial charge in [0.15, 0.2) is 0 Å². The summed E-state index contributed by atoms with van der Waals surface area (Å²) in [4.78, 5) is 12.9. The number of hydrogen-bond donors (Lipinski definition) is 0. The minimum absolute atomic E-state index is 0.143. The molecule has 108 valence electrons. The summed E-state index contributed by atoms with van der Waals surface area (Å²) in [7, 11) is 1.54. The quantitative estimate of drug-likeness (QED) is 0.771. The lowest BCUT2D eigenvalue weighted by atomic mass is 9.49. The third-order valence-electron chi connectivity index (χ3n) is 5.46. The maximum Gasteiger partial charge on any atom is 0.322 e. The lowest BCUT2D eigenvalue weighted by Gasteiger charge is -2.57. The van der Waals surface area contributed by atoms with E-state index in [1.54, 1.807) is 7.05 Å². The molecule has 0 saturated heterocycles. The standard InChI is InChI=1S/C15H23F2NO/c1-14(16,17)13(19)18(2)9-15-6-10-3-11(7-15)5-12(4-10)8-15/h10-12H,3-9H2,1-2H3. The molecular formula is C15H23F2NO. The second kappa shape index (κ2) is 4.16. The van der Waals surface area contributed by atoms with Crippen LogP contribution in [0, 0.1) is 23.2 Å². The monoisotopic (exact) mass is 271 g/mol. The third kappa shape index (κ3) is 2.38. The summed E-state index contributed by atoms with van der Waals surface area (Å²) in [6, 6.07) is 0. The number of carbonyl (C=O) groups excluding carboxylic acids is 1. The van der Waals surface area contributed by atoms with Gasteiger partial charge in [-0.3, -0.25) is 4.79 Å². The van der Waals surface area contributed by atoms with Gasteiger partial charge in [-0.05, 0) is 61.7 Å². The van der Waals surface area contributed by atoms with Crippen molar-refractivity contribution in [3.63, 3.8) is 0 Å². The number of amides is 1. The maximum absolute atomic E-state index is 13.1. The lowest BCUT2D eigenvalue weighted by molar-refractivity contribution is -0.158. The fraction of sp³-hybridized carbons (Fsp3) is 0.933. The van der Waals surface area contributed by atoms with E-state index in [-0.39, 0.29) is 5.41 Å². The van der Waals surface area contributed by atoms with Gasteiger partial charge in [0.05, 0.1) is 0 Å². The SMILES string of the molecule is CN(CC12CC3CC(CC(C3)C1)C2)C(=O)C(C)(F)F. The number of carbonyl (C=O) groups is 1. The van der Waals surface area contributed by atoms with Gasteiger partial charge in [-0.25, -0.2) is 0 Å². The maximum atomic E-state index is 13.1. The molecule has 0 atom stereocenters. The number of hydrogen-bond acceptors (Lipinski definition) is 1. The van der Waals surface area contributed by atoms with Crippen LogP contribution in [0.3, 0.4) is 0 Å². The zero-order chi connectivity index (χ0) is 13.8. The molecular weight excluding hydrogens is 248 g/mol. The molecule has 4 bridgehead atoms. The Morgan fingerprint density at radius 1 is 1.16 bits per heavy atom. The molecule has 0 N–H and O–H groups in total. The van der Waals surface area contributed by atoms with E-state index in [1.807, 2.05) is 0 Å². The molecule has 4 aliphatic rings. The second-order valence-electron chi connectivity index (χ2n) is 7.47. The third-order valence-corrected chi connectivity index (χ3v) is 5.46. The molecule has 4 rings (SSSR count). The molecule has 0 aliphatic heterocycles. The van der Waals surface area contributed by atoms with E-state index in [2.05, 4.69) is 0 Å². The molecule has 4 fully saturated rings. The smallest absolute Gasteiger partial charge is 0.322 e. The summed E-state index contributed by atoms with van der Waals surface area (Å²) < 4.78 is 26.3. The molecule has 0 aromatic carbocycles. The summed E-state index contributed by atoms with van der Waals surface area (Å²) in [5.41, 5.74) is 0.143. The van der Waals surface area contributed by atoms with E-state index in [0.29, 0.717) is 13.5 Å². The highest BCUT2D eigenvalue weighted by atomic mass is 19.3. The normalized spacial score (nSPS) is 40.5. The molecule has 4 saturated carbocycles. The fourth-order valence-electron chi connectivity index (χ4n) is 5.39. The zero-order valence-corrected chi connectivity index (χ0v) is 11.8. The van der Waals surface area contributed by atoms with Gasteiger partial charge in [0.25, 0.3) is 5.91 Å². The minimum atomic E-state index is -3.24. The second-order valence-corrected chi connectivity index (χ2v) is 7.47. The minimum Gasteiger partial charge on any atom is -0.340 e. The summed E-state index contributed by atoms with van der Waals surface area (Å²) in [6.45, 7) is 1.23. The van der Waals surface area contributed by atoms with Crippen molar-refractivity contribution in [1.29, 1.82) is 0 Å². The van der Waals surface area contributed by atoms with Crippen molar-refractivity contribution >= 4 is 5.91 Å². The van der Waals surface area contributed by atoms with E-state index in [9.17, 15) is 13.6 Å². The van der Waals surface area contributed by atoms with Crippen LogP contribution in [-0.2, 0) is 4.79 Å². The van der Waals surface area contributed by atoms with Gasteiger partial charge in [0.1, 0.15) is 0 Å². The van der Waals surface area contributed by atoms with E-state index in [1.165, 1.54) is 24.2 Å². The molecule has 0 heterocycles. The molecule has 19 heavy (non-hydrogen) atoms. The number of alkyl halides is 2. The van der Waals surface area contributed by atoms with Crippen LogP contribution in [0.15, 0.2) is 0 Å². The predicted octanol–water partition coefficient (Wildman–Crippen LogP) is 3.32. The highest BCUT2D eigenvalue weighted by Crippen LogP contribution is 2.60. The highest BCUT2D eigenvalue weighted by molar-refractivity contribution is 5.82. The number of rotatable bonds is 3. The van der Waals surface area contributed by atoms with E-state index >= 15 is 0 Å². The first-order valence-electron chi connectivity index (χ1n) is 7.41. The van der Waals surface area contributed by atoms with Gasteiger partial charge in [0, 0.05) is 20.5 Å². The number of halogens is 2. The topological polar surface area (TPSA) is 20.3 Å². The highest BCUT2D eigenvalue weighted by Gasteiger charge is 2.52. The summed E-state index contributed by atoms with van der Waals surface area (Å²) >= 11 is 0. The molecule has 0 spiro atoms. The Hall–Kier alpha value is -0.670. The Kier molecular flexibility index (Phi) is 2.92. The molecule has 0 aromatic rings. The van der Waals surface area contributed by atoms with Gasteiger partial charge in [-0.15, -0.1) is 0 Å². The molecule has 0 unspecified atom stereocenters. The Morgan fingerprint density at radius 3 is 1.95 bits per heavy atom.